The molecule has 0 fully saturated rings. The van der Waals surface area contributed by atoms with Crippen LogP contribution in [0.3, 0.4) is 0 Å². The second kappa shape index (κ2) is 6.34. The number of alkyl carbamates (subject to hydrolysis) is 1. The van der Waals surface area contributed by atoms with E-state index in [4.69, 9.17) is 4.74 Å². The molecule has 0 aliphatic rings. The molecule has 0 bridgehead atoms. The summed E-state index contributed by atoms with van der Waals surface area (Å²) in [5.41, 5.74) is 1.68. The van der Waals surface area contributed by atoms with Crippen molar-refractivity contribution in [2.75, 3.05) is 6.54 Å². The molecule has 0 radical (unpaired) electrons. The zero-order chi connectivity index (χ0) is 18.1. The fourth-order valence-electron chi connectivity index (χ4n) is 2.71. The van der Waals surface area contributed by atoms with E-state index in [0.29, 0.717) is 13.0 Å². The van der Waals surface area contributed by atoms with Crippen LogP contribution in [-0.4, -0.2) is 27.8 Å². The largest absolute Gasteiger partial charge is 0.444 e. The Balaban J connectivity index is 2.13. The number of amides is 1. The van der Waals surface area contributed by atoms with Crippen LogP contribution in [0.1, 0.15) is 46.6 Å². The fourth-order valence-corrected chi connectivity index (χ4v) is 2.71. The van der Waals surface area contributed by atoms with Gasteiger partial charge >= 0.3 is 11.8 Å². The Hall–Kier alpha value is -2.24. The van der Waals surface area contributed by atoms with Crippen LogP contribution >= 0.6 is 0 Å². The minimum Gasteiger partial charge on any atom is -0.444 e. The van der Waals surface area contributed by atoms with Crippen LogP contribution in [0.5, 0.6) is 0 Å². The second-order valence-electron chi connectivity index (χ2n) is 7.78. The molecule has 0 saturated carbocycles. The maximum absolute atomic E-state index is 12.4. The van der Waals surface area contributed by atoms with Gasteiger partial charge in [0, 0.05) is 12.1 Å². The number of fused-ring (bicyclic) bond motifs is 1. The van der Waals surface area contributed by atoms with Crippen LogP contribution in [-0.2, 0) is 10.3 Å². The van der Waals surface area contributed by atoms with Crippen LogP contribution in [0.2, 0.25) is 0 Å². The third-order valence-corrected chi connectivity index (χ3v) is 3.85. The summed E-state index contributed by atoms with van der Waals surface area (Å²) in [6.07, 6.45) is 0.160. The van der Waals surface area contributed by atoms with Gasteiger partial charge in [-0.2, -0.15) is 0 Å². The number of aromatic amines is 1. The number of nitrogens with one attached hydrogen (secondary N) is 2. The summed E-state index contributed by atoms with van der Waals surface area (Å²) in [5, 5.41) is 2.75. The fraction of sp³-hybridized carbons (Fsp3) is 0.556. The Morgan fingerprint density at radius 2 is 1.92 bits per heavy atom. The molecule has 2 rings (SSSR count). The number of carbonyl (C=O) groups excluding carboxylic acids is 1. The minimum absolute atomic E-state index is 0.141. The molecule has 0 atom stereocenters. The molecule has 132 valence electrons. The molecule has 6 nitrogen and oxygen atoms in total. The first-order valence-electron chi connectivity index (χ1n) is 8.18. The highest BCUT2D eigenvalue weighted by atomic mass is 16.6. The van der Waals surface area contributed by atoms with Crippen molar-refractivity contribution in [1.29, 1.82) is 0 Å². The highest BCUT2D eigenvalue weighted by molar-refractivity contribution is 5.76. The van der Waals surface area contributed by atoms with E-state index < -0.39 is 17.2 Å². The topological polar surface area (TPSA) is 76.1 Å². The molecular formula is C18H27N3O3. The van der Waals surface area contributed by atoms with Gasteiger partial charge in [0.15, 0.2) is 0 Å². The second-order valence-corrected chi connectivity index (χ2v) is 7.78. The van der Waals surface area contributed by atoms with E-state index in [1.54, 1.807) is 4.57 Å². The highest BCUT2D eigenvalue weighted by Crippen LogP contribution is 2.23. The molecule has 0 spiro atoms. The van der Waals surface area contributed by atoms with E-state index >= 15 is 0 Å². The van der Waals surface area contributed by atoms with Crippen LogP contribution in [0, 0.1) is 6.92 Å². The number of benzene rings is 1. The van der Waals surface area contributed by atoms with Gasteiger partial charge in [-0.15, -0.1) is 0 Å². The standard InChI is InChI=1S/C18H27N3O3/c1-12-7-8-13-14(11-12)21(15(22)20-13)18(5,6)9-10-19-16(23)24-17(2,3)4/h7-8,11H,9-10H2,1-6H3,(H,19,23)(H,20,22). The van der Waals surface area contributed by atoms with Gasteiger partial charge in [-0.25, -0.2) is 9.59 Å². The number of nitrogens with zero attached hydrogens (tertiary/aromatic N) is 1. The lowest BCUT2D eigenvalue weighted by molar-refractivity contribution is 0.0522. The van der Waals surface area contributed by atoms with Crippen molar-refractivity contribution in [3.05, 3.63) is 34.2 Å². The molecule has 24 heavy (non-hydrogen) atoms. The van der Waals surface area contributed by atoms with Crippen LogP contribution in [0.25, 0.3) is 11.0 Å². The first-order valence-corrected chi connectivity index (χ1v) is 8.18. The van der Waals surface area contributed by atoms with Crippen molar-refractivity contribution in [3.63, 3.8) is 0 Å². The Labute approximate surface area is 142 Å². The number of aryl methyl sites for hydroxylation is 1. The zero-order valence-corrected chi connectivity index (χ0v) is 15.3. The van der Waals surface area contributed by atoms with Crippen molar-refractivity contribution >= 4 is 17.1 Å². The van der Waals surface area contributed by atoms with Gasteiger partial charge in [-0.05, 0) is 65.7 Å². The molecule has 1 amide bonds. The quantitative estimate of drug-likeness (QED) is 0.901. The van der Waals surface area contributed by atoms with E-state index in [2.05, 4.69) is 10.3 Å². The van der Waals surface area contributed by atoms with Crippen LogP contribution in [0.4, 0.5) is 4.79 Å². The molecule has 6 heteroatoms. The van der Waals surface area contributed by atoms with E-state index in [-0.39, 0.29) is 5.69 Å². The van der Waals surface area contributed by atoms with Crippen LogP contribution in [0.15, 0.2) is 23.0 Å². The lowest BCUT2D eigenvalue weighted by Gasteiger charge is -2.27. The summed E-state index contributed by atoms with van der Waals surface area (Å²) >= 11 is 0. The predicted molar refractivity (Wildman–Crippen MR) is 95.5 cm³/mol. The monoisotopic (exact) mass is 333 g/mol. The van der Waals surface area contributed by atoms with Gasteiger partial charge in [-0.3, -0.25) is 4.57 Å². The number of H-pyrrole nitrogens is 1. The average Bonchev–Trinajstić information content (AvgIpc) is 2.72. The van der Waals surface area contributed by atoms with Gasteiger partial charge in [-0.1, -0.05) is 6.07 Å². The molecule has 1 aromatic carbocycles. The highest BCUT2D eigenvalue weighted by Gasteiger charge is 2.25. The Morgan fingerprint density at radius 1 is 1.25 bits per heavy atom. The Morgan fingerprint density at radius 3 is 2.54 bits per heavy atom. The number of ether oxygens (including phenoxy) is 1. The summed E-state index contributed by atoms with van der Waals surface area (Å²) in [7, 11) is 0. The Bertz CT molecular complexity index is 794. The predicted octanol–water partition coefficient (Wildman–Crippen LogP) is 3.29. The lowest BCUT2D eigenvalue weighted by Crippen LogP contribution is -2.39. The summed E-state index contributed by atoms with van der Waals surface area (Å²) in [4.78, 5) is 27.0. The third kappa shape index (κ3) is 4.19. The Kier molecular flexibility index (Phi) is 4.78. The van der Waals surface area contributed by atoms with Crippen molar-refractivity contribution in [2.24, 2.45) is 0 Å². The smallest absolute Gasteiger partial charge is 0.407 e. The number of hydrogen-bond acceptors (Lipinski definition) is 3. The zero-order valence-electron chi connectivity index (χ0n) is 15.3. The van der Waals surface area contributed by atoms with E-state index in [0.717, 1.165) is 16.6 Å². The molecule has 0 saturated heterocycles. The summed E-state index contributed by atoms with van der Waals surface area (Å²) < 4.78 is 6.98. The molecular weight excluding hydrogens is 306 g/mol. The van der Waals surface area contributed by atoms with Gasteiger partial charge in [0.25, 0.3) is 0 Å². The third-order valence-electron chi connectivity index (χ3n) is 3.85. The van der Waals surface area contributed by atoms with E-state index in [1.165, 1.54) is 0 Å². The maximum Gasteiger partial charge on any atom is 0.407 e. The molecule has 2 aromatic rings. The molecule has 1 heterocycles. The number of hydrogen-bond donors (Lipinski definition) is 2. The number of imidazole rings is 1. The van der Waals surface area contributed by atoms with Gasteiger partial charge in [0.05, 0.1) is 11.0 Å². The molecule has 0 unspecified atom stereocenters. The van der Waals surface area contributed by atoms with Crippen molar-refractivity contribution in [3.8, 4) is 0 Å². The van der Waals surface area contributed by atoms with Gasteiger partial charge in [0.2, 0.25) is 0 Å². The molecule has 2 N–H and O–H groups in total. The average molecular weight is 333 g/mol. The minimum atomic E-state index is -0.523. The summed E-state index contributed by atoms with van der Waals surface area (Å²) in [6, 6.07) is 5.88. The lowest BCUT2D eigenvalue weighted by atomic mass is 10.00. The molecule has 0 aliphatic heterocycles. The summed E-state index contributed by atoms with van der Waals surface area (Å²) in [5.74, 6) is 0. The van der Waals surface area contributed by atoms with Crippen molar-refractivity contribution in [2.45, 2.75) is 59.1 Å². The number of carbonyl (C=O) groups is 1. The van der Waals surface area contributed by atoms with Gasteiger partial charge in [0.1, 0.15) is 5.60 Å². The molecule has 1 aromatic heterocycles. The first-order chi connectivity index (χ1) is 11.0. The number of aromatic nitrogens is 2. The normalized spacial score (nSPS) is 12.4. The van der Waals surface area contributed by atoms with Crippen molar-refractivity contribution < 1.29 is 9.53 Å². The molecule has 0 aliphatic carbocycles. The van der Waals surface area contributed by atoms with Crippen LogP contribution < -0.4 is 11.0 Å². The van der Waals surface area contributed by atoms with Crippen molar-refractivity contribution in [1.82, 2.24) is 14.9 Å². The van der Waals surface area contributed by atoms with E-state index in [9.17, 15) is 9.59 Å². The summed E-state index contributed by atoms with van der Waals surface area (Å²) in [6.45, 7) is 11.9. The van der Waals surface area contributed by atoms with E-state index in [1.807, 2.05) is 59.7 Å². The van der Waals surface area contributed by atoms with Gasteiger partial charge < -0.3 is 15.0 Å². The SMILES string of the molecule is Cc1ccc2[nH]c(=O)n(C(C)(C)CCNC(=O)OC(C)(C)C)c2c1. The maximum atomic E-state index is 12.4. The first kappa shape index (κ1) is 18.1. The number of rotatable bonds is 4.